The van der Waals surface area contributed by atoms with Crippen LogP contribution in [0.3, 0.4) is 0 Å². The zero-order valence-electron chi connectivity index (χ0n) is 4.07. The Balaban J connectivity index is 4.11. The number of halogens is 4. The molecule has 0 saturated heterocycles. The van der Waals surface area contributed by atoms with Gasteiger partial charge in [0, 0.05) is 0 Å². The average Bonchev–Trinajstić information content (AvgIpc) is 1.62. The van der Waals surface area contributed by atoms with Crippen LogP contribution >= 0.6 is 46.4 Å². The Bertz CT molecular complexity index is 134. The fraction of sp³-hybridized carbons (Fsp3) is 0.250. The molecule has 0 amide bonds. The van der Waals surface area contributed by atoms with E-state index in [2.05, 4.69) is 0 Å². The van der Waals surface area contributed by atoms with E-state index in [4.69, 9.17) is 46.4 Å². The van der Waals surface area contributed by atoms with Gasteiger partial charge in [-0.05, 0) is 6.08 Å². The zero-order valence-corrected chi connectivity index (χ0v) is 7.10. The van der Waals surface area contributed by atoms with Gasteiger partial charge in [0.15, 0.2) is 6.29 Å². The van der Waals surface area contributed by atoms with Crippen molar-refractivity contribution < 1.29 is 4.79 Å². The van der Waals surface area contributed by atoms with Gasteiger partial charge in [-0.2, -0.15) is 0 Å². The third-order valence-corrected chi connectivity index (χ3v) is 0.940. The molecule has 0 aliphatic heterocycles. The highest BCUT2D eigenvalue weighted by Crippen LogP contribution is 2.29. The van der Waals surface area contributed by atoms with Crippen LogP contribution in [-0.4, -0.2) is 10.1 Å². The third-order valence-electron chi connectivity index (χ3n) is 0.414. The molecule has 0 aromatic carbocycles. The van der Waals surface area contributed by atoms with Crippen LogP contribution in [0.25, 0.3) is 0 Å². The molecule has 0 fully saturated rings. The molecule has 0 radical (unpaired) electrons. The molecule has 0 rings (SSSR count). The van der Waals surface area contributed by atoms with E-state index in [0.29, 0.717) is 6.29 Å². The number of rotatable bonds is 1. The molecular formula is C4H2Cl4O. The number of alkyl halides is 3. The first-order chi connectivity index (χ1) is 3.95. The summed E-state index contributed by atoms with van der Waals surface area (Å²) in [5.41, 5.74) is 0. The summed E-state index contributed by atoms with van der Waals surface area (Å²) in [7, 11) is 0. The van der Waals surface area contributed by atoms with Crippen LogP contribution in [0.2, 0.25) is 0 Å². The highest BCUT2D eigenvalue weighted by molar-refractivity contribution is 6.69. The van der Waals surface area contributed by atoms with Gasteiger partial charge in [0.1, 0.15) is 0 Å². The van der Waals surface area contributed by atoms with E-state index in [0.717, 1.165) is 6.08 Å². The molecule has 0 spiro atoms. The standard InChI is InChI=1S/C4H2Cl4O/c5-3(2-9)1-4(6,7)8/h1-2H. The molecule has 0 atom stereocenters. The van der Waals surface area contributed by atoms with Crippen LogP contribution in [0, 0.1) is 0 Å². The highest BCUT2D eigenvalue weighted by Gasteiger charge is 2.15. The largest absolute Gasteiger partial charge is 0.297 e. The summed E-state index contributed by atoms with van der Waals surface area (Å²) >= 11 is 20.8. The summed E-state index contributed by atoms with van der Waals surface area (Å²) in [5.74, 6) is 0. The van der Waals surface area contributed by atoms with Crippen LogP contribution in [-0.2, 0) is 4.79 Å². The van der Waals surface area contributed by atoms with Crippen molar-refractivity contribution in [2.75, 3.05) is 0 Å². The van der Waals surface area contributed by atoms with Gasteiger partial charge < -0.3 is 0 Å². The zero-order chi connectivity index (χ0) is 7.49. The maximum atomic E-state index is 9.81. The predicted molar refractivity (Wildman–Crippen MR) is 40.3 cm³/mol. The van der Waals surface area contributed by atoms with E-state index in [1.807, 2.05) is 0 Å². The summed E-state index contributed by atoms with van der Waals surface area (Å²) in [6.45, 7) is 0. The molecule has 0 heterocycles. The monoisotopic (exact) mass is 206 g/mol. The summed E-state index contributed by atoms with van der Waals surface area (Å²) in [4.78, 5) is 9.81. The Morgan fingerprint density at radius 1 is 1.33 bits per heavy atom. The second-order valence-corrected chi connectivity index (χ2v) is 3.99. The number of carbonyl (C=O) groups excluding carboxylic acids is 1. The summed E-state index contributed by atoms with van der Waals surface area (Å²) in [6.07, 6.45) is 1.41. The second kappa shape index (κ2) is 3.67. The van der Waals surface area contributed by atoms with Crippen LogP contribution in [0.4, 0.5) is 0 Å². The smallest absolute Gasteiger partial charge is 0.211 e. The normalized spacial score (nSPS) is 13.6. The van der Waals surface area contributed by atoms with Gasteiger partial charge in [0.2, 0.25) is 3.79 Å². The SMILES string of the molecule is O=CC(Cl)=CC(Cl)(Cl)Cl. The summed E-state index contributed by atoms with van der Waals surface area (Å²) < 4.78 is -1.59. The van der Waals surface area contributed by atoms with Gasteiger partial charge in [0.05, 0.1) is 5.03 Å². The van der Waals surface area contributed by atoms with Crippen molar-refractivity contribution in [1.82, 2.24) is 0 Å². The van der Waals surface area contributed by atoms with E-state index < -0.39 is 3.79 Å². The molecule has 0 aromatic heterocycles. The van der Waals surface area contributed by atoms with Crippen molar-refractivity contribution in [1.29, 1.82) is 0 Å². The number of hydrogen-bond acceptors (Lipinski definition) is 1. The fourth-order valence-electron chi connectivity index (χ4n) is 0.190. The molecule has 0 aromatic rings. The molecule has 0 bridgehead atoms. The Morgan fingerprint density at radius 2 is 1.78 bits per heavy atom. The van der Waals surface area contributed by atoms with E-state index in [1.54, 1.807) is 0 Å². The molecule has 0 aliphatic rings. The minimum Gasteiger partial charge on any atom is -0.297 e. The molecule has 0 aliphatic carbocycles. The number of allylic oxidation sites excluding steroid dienone is 2. The molecule has 52 valence electrons. The lowest BCUT2D eigenvalue weighted by Crippen LogP contribution is -1.95. The third kappa shape index (κ3) is 6.46. The first kappa shape index (κ1) is 9.57. The lowest BCUT2D eigenvalue weighted by molar-refractivity contribution is -0.104. The lowest BCUT2D eigenvalue weighted by Gasteiger charge is -2.01. The second-order valence-electron chi connectivity index (χ2n) is 1.19. The Labute approximate surface area is 72.5 Å². The van der Waals surface area contributed by atoms with Crippen LogP contribution < -0.4 is 0 Å². The Hall–Kier alpha value is 0.570. The fourth-order valence-corrected chi connectivity index (χ4v) is 0.874. The average molecular weight is 208 g/mol. The first-order valence-corrected chi connectivity index (χ1v) is 3.37. The lowest BCUT2D eigenvalue weighted by atomic mass is 10.5. The molecule has 9 heavy (non-hydrogen) atoms. The van der Waals surface area contributed by atoms with Gasteiger partial charge in [-0.25, -0.2) is 0 Å². The molecule has 1 nitrogen and oxygen atoms in total. The van der Waals surface area contributed by atoms with Gasteiger partial charge in [-0.15, -0.1) is 0 Å². The Morgan fingerprint density at radius 3 is 1.89 bits per heavy atom. The minimum absolute atomic E-state index is 0.116. The number of hydrogen-bond donors (Lipinski definition) is 0. The minimum atomic E-state index is -1.59. The van der Waals surface area contributed by atoms with Crippen LogP contribution in [0.1, 0.15) is 0 Å². The van der Waals surface area contributed by atoms with Crippen molar-refractivity contribution in [3.8, 4) is 0 Å². The molecule has 0 unspecified atom stereocenters. The van der Waals surface area contributed by atoms with Gasteiger partial charge in [-0.1, -0.05) is 46.4 Å². The van der Waals surface area contributed by atoms with Crippen molar-refractivity contribution >= 4 is 52.7 Å². The van der Waals surface area contributed by atoms with Crippen molar-refractivity contribution in [2.24, 2.45) is 0 Å². The Kier molecular flexibility index (Phi) is 3.90. The van der Waals surface area contributed by atoms with E-state index in [9.17, 15) is 4.79 Å². The predicted octanol–water partition coefficient (Wildman–Crippen LogP) is 2.68. The van der Waals surface area contributed by atoms with Crippen molar-refractivity contribution in [2.45, 2.75) is 3.79 Å². The highest BCUT2D eigenvalue weighted by atomic mass is 35.6. The maximum Gasteiger partial charge on any atom is 0.211 e. The van der Waals surface area contributed by atoms with Gasteiger partial charge >= 0.3 is 0 Å². The quantitative estimate of drug-likeness (QED) is 0.367. The maximum absolute atomic E-state index is 9.81. The first-order valence-electron chi connectivity index (χ1n) is 1.86. The van der Waals surface area contributed by atoms with E-state index >= 15 is 0 Å². The van der Waals surface area contributed by atoms with E-state index in [-0.39, 0.29) is 5.03 Å². The number of carbonyl (C=O) groups is 1. The van der Waals surface area contributed by atoms with Gasteiger partial charge in [-0.3, -0.25) is 4.79 Å². The van der Waals surface area contributed by atoms with E-state index in [1.165, 1.54) is 0 Å². The van der Waals surface area contributed by atoms with Crippen LogP contribution in [0.15, 0.2) is 11.1 Å². The molecular weight excluding hydrogens is 206 g/mol. The topological polar surface area (TPSA) is 17.1 Å². The van der Waals surface area contributed by atoms with Gasteiger partial charge in [0.25, 0.3) is 0 Å². The molecule has 5 heteroatoms. The molecule has 0 N–H and O–H groups in total. The van der Waals surface area contributed by atoms with Crippen molar-refractivity contribution in [3.05, 3.63) is 11.1 Å². The number of aldehydes is 1. The molecule has 0 saturated carbocycles. The van der Waals surface area contributed by atoms with Crippen LogP contribution in [0.5, 0.6) is 0 Å². The van der Waals surface area contributed by atoms with Crippen molar-refractivity contribution in [3.63, 3.8) is 0 Å². The summed E-state index contributed by atoms with van der Waals surface area (Å²) in [6, 6.07) is 0. The summed E-state index contributed by atoms with van der Waals surface area (Å²) in [5, 5.41) is -0.116.